The maximum Gasteiger partial charge on any atom is 0.260 e. The molecule has 2 aromatic rings. The van der Waals surface area contributed by atoms with Crippen LogP contribution >= 0.6 is 0 Å². The first-order valence-corrected chi connectivity index (χ1v) is 17.0. The van der Waals surface area contributed by atoms with Gasteiger partial charge < -0.3 is 31.0 Å². The summed E-state index contributed by atoms with van der Waals surface area (Å²) in [6.07, 6.45) is 1.99. The number of rotatable bonds is 9. The zero-order valence-electron chi connectivity index (χ0n) is 27.5. The zero-order valence-corrected chi connectivity index (χ0v) is 28.4. The molecule has 0 bridgehead atoms. The van der Waals surface area contributed by atoms with Crippen LogP contribution in [0.5, 0.6) is 5.75 Å². The van der Waals surface area contributed by atoms with E-state index < -0.39 is 64.4 Å². The number of carbonyl (C=O) groups is 4. The number of H-pyrrole nitrogens is 1. The van der Waals surface area contributed by atoms with Gasteiger partial charge in [0.25, 0.3) is 10.0 Å². The summed E-state index contributed by atoms with van der Waals surface area (Å²) in [5, 5.41) is 10.8. The van der Waals surface area contributed by atoms with Crippen LogP contribution in [0.4, 0.5) is 0 Å². The number of hydrogen-bond acceptors (Lipinski definition) is 8. The Morgan fingerprint density at radius 2 is 1.59 bits per heavy atom. The van der Waals surface area contributed by atoms with Crippen molar-refractivity contribution in [3.8, 4) is 5.75 Å². The van der Waals surface area contributed by atoms with Crippen LogP contribution in [0.2, 0.25) is 0 Å². The van der Waals surface area contributed by atoms with E-state index in [2.05, 4.69) is 31.2 Å². The third-order valence-electron chi connectivity index (χ3n) is 7.75. The Kier molecular flexibility index (Phi) is 12.7. The van der Waals surface area contributed by atoms with E-state index in [1.807, 2.05) is 34.6 Å². The number of benzene rings is 1. The van der Waals surface area contributed by atoms with Crippen LogP contribution in [-0.4, -0.2) is 90.7 Å². The summed E-state index contributed by atoms with van der Waals surface area (Å²) in [4.78, 5) is 60.9. The maximum atomic E-state index is 13.8. The highest BCUT2D eigenvalue weighted by Gasteiger charge is 2.35. The number of carbonyl (C=O) groups excluding carboxylic acids is 4. The van der Waals surface area contributed by atoms with Gasteiger partial charge in [0.1, 0.15) is 29.7 Å². The third kappa shape index (κ3) is 9.76. The van der Waals surface area contributed by atoms with Crippen LogP contribution in [0.25, 0.3) is 0 Å². The van der Waals surface area contributed by atoms with Gasteiger partial charge in [0.2, 0.25) is 23.6 Å². The molecule has 46 heavy (non-hydrogen) atoms. The summed E-state index contributed by atoms with van der Waals surface area (Å²) in [6.45, 7) is 9.83. The van der Waals surface area contributed by atoms with E-state index in [1.54, 1.807) is 24.3 Å². The summed E-state index contributed by atoms with van der Waals surface area (Å²) in [7, 11) is -2.74. The molecule has 0 radical (unpaired) electrons. The number of aryl methyl sites for hydroxylation is 1. The molecule has 4 atom stereocenters. The minimum Gasteiger partial charge on any atom is -0.497 e. The highest BCUT2D eigenvalue weighted by molar-refractivity contribution is 7.89. The van der Waals surface area contributed by atoms with Crippen LogP contribution in [0.15, 0.2) is 35.5 Å². The van der Waals surface area contributed by atoms with Crippen molar-refractivity contribution in [2.24, 2.45) is 11.8 Å². The fourth-order valence-electron chi connectivity index (χ4n) is 4.95. The van der Waals surface area contributed by atoms with Crippen molar-refractivity contribution in [2.75, 3.05) is 20.2 Å². The van der Waals surface area contributed by atoms with Crippen molar-refractivity contribution >= 4 is 33.7 Å². The van der Waals surface area contributed by atoms with Crippen LogP contribution < -0.4 is 26.0 Å². The quantitative estimate of drug-likeness (QED) is 0.262. The molecule has 0 saturated carbocycles. The Hall–Kier alpha value is -3.98. The number of sulfonamides is 1. The molecule has 1 saturated heterocycles. The maximum absolute atomic E-state index is 13.8. The van der Waals surface area contributed by atoms with Crippen molar-refractivity contribution in [3.63, 3.8) is 0 Å². The predicted molar refractivity (Wildman–Crippen MR) is 171 cm³/mol. The summed E-state index contributed by atoms with van der Waals surface area (Å²) in [5.41, 5.74) is 0.728. The lowest BCUT2D eigenvalue weighted by Crippen LogP contribution is -2.57. The molecule has 3 rings (SSSR count). The minimum absolute atomic E-state index is 0.0311. The number of methoxy groups -OCH3 is 1. The smallest absolute Gasteiger partial charge is 0.260 e. The second kappa shape index (κ2) is 16.0. The van der Waals surface area contributed by atoms with E-state index in [1.165, 1.54) is 20.2 Å². The number of aromatic amines is 1. The van der Waals surface area contributed by atoms with Crippen molar-refractivity contribution in [1.29, 1.82) is 0 Å². The summed E-state index contributed by atoms with van der Waals surface area (Å²) < 4.78 is 33.8. The van der Waals surface area contributed by atoms with Crippen LogP contribution in [0, 0.1) is 11.8 Å². The topological polar surface area (TPSA) is 192 Å². The molecule has 254 valence electrons. The number of imidazole rings is 1. The Morgan fingerprint density at radius 3 is 2.15 bits per heavy atom. The first-order chi connectivity index (χ1) is 21.6. The van der Waals surface area contributed by atoms with Gasteiger partial charge >= 0.3 is 0 Å². The molecule has 0 unspecified atom stereocenters. The first kappa shape index (κ1) is 36.5. The highest BCUT2D eigenvalue weighted by atomic mass is 32.2. The summed E-state index contributed by atoms with van der Waals surface area (Å²) in [5.74, 6) is -1.67. The second-order valence-electron chi connectivity index (χ2n) is 12.3. The van der Waals surface area contributed by atoms with Crippen LogP contribution in [-0.2, 0) is 42.0 Å². The Labute approximate surface area is 270 Å². The number of ether oxygens (including phenoxy) is 1. The third-order valence-corrected chi connectivity index (χ3v) is 9.47. The van der Waals surface area contributed by atoms with Crippen LogP contribution in [0.1, 0.15) is 59.4 Å². The van der Waals surface area contributed by atoms with Gasteiger partial charge in [-0.05, 0) is 42.9 Å². The average Bonchev–Trinajstić information content (AvgIpc) is 3.49. The Morgan fingerprint density at radius 1 is 0.935 bits per heavy atom. The molecule has 1 aliphatic heterocycles. The molecule has 1 fully saturated rings. The average molecular weight is 662 g/mol. The van der Waals surface area contributed by atoms with Gasteiger partial charge in [-0.2, -0.15) is 4.31 Å². The second-order valence-corrected chi connectivity index (χ2v) is 14.2. The van der Waals surface area contributed by atoms with Gasteiger partial charge in [0, 0.05) is 25.4 Å². The van der Waals surface area contributed by atoms with E-state index in [9.17, 15) is 27.6 Å². The van der Waals surface area contributed by atoms with Crippen LogP contribution in [0.3, 0.4) is 0 Å². The molecule has 2 heterocycles. The SMILES string of the molecule is CCc1ncc(S(=O)(=O)N2CC(=O)N[C@@H](CC(C)C)C(=O)N[C@@H](Cc3ccc(OC)cc3)C(=O)N[C@H](C)C(=O)N[C@@H](C(C)C)C2)[nH]1. The standard InChI is InChI=1S/C31H47N7O7S/c1-8-26-32-15-28(37-26)46(43,44)38-16-25(19(4)5)36-29(40)20(6)33-30(41)24(14-21-9-11-22(45-7)12-10-21)35-31(42)23(13-18(2)3)34-27(39)17-38/h9-12,15,18-20,23-25H,8,13-14,16-17H2,1-7H3,(H,32,37)(H,33,41)(H,34,39)(H,35,42)(H,36,40)/t20-,23+,24+,25-/m1/s1. The predicted octanol–water partition coefficient (Wildman–Crippen LogP) is 0.889. The molecule has 1 aliphatic rings. The number of nitrogens with zero attached hydrogens (tertiary/aromatic N) is 2. The van der Waals surface area contributed by atoms with Crippen molar-refractivity contribution in [2.45, 2.75) is 90.0 Å². The number of nitrogens with one attached hydrogen (secondary N) is 5. The van der Waals surface area contributed by atoms with Gasteiger partial charge in [-0.1, -0.05) is 46.8 Å². The molecule has 0 spiro atoms. The molecule has 15 heteroatoms. The van der Waals surface area contributed by atoms with E-state index in [-0.39, 0.29) is 36.2 Å². The van der Waals surface area contributed by atoms with Gasteiger partial charge in [-0.3, -0.25) is 19.2 Å². The van der Waals surface area contributed by atoms with Crippen molar-refractivity contribution in [1.82, 2.24) is 35.5 Å². The molecular formula is C31H47N7O7S. The van der Waals surface area contributed by atoms with Gasteiger partial charge in [0.15, 0.2) is 5.03 Å². The normalized spacial score (nSPS) is 22.8. The Balaban J connectivity index is 2.02. The molecule has 4 amide bonds. The fraction of sp³-hybridized carbons (Fsp3) is 0.581. The first-order valence-electron chi connectivity index (χ1n) is 15.5. The Bertz CT molecular complexity index is 1470. The number of amides is 4. The van der Waals surface area contributed by atoms with E-state index in [4.69, 9.17) is 4.74 Å². The lowest BCUT2D eigenvalue weighted by atomic mass is 10.0. The monoisotopic (exact) mass is 661 g/mol. The van der Waals surface area contributed by atoms with E-state index in [0.29, 0.717) is 18.0 Å². The fourth-order valence-corrected chi connectivity index (χ4v) is 6.31. The lowest BCUT2D eigenvalue weighted by Gasteiger charge is -2.30. The molecule has 14 nitrogen and oxygen atoms in total. The molecule has 5 N–H and O–H groups in total. The van der Waals surface area contributed by atoms with E-state index in [0.717, 1.165) is 9.87 Å². The van der Waals surface area contributed by atoms with Gasteiger partial charge in [-0.25, -0.2) is 13.4 Å². The molecule has 1 aromatic carbocycles. The molecule has 1 aromatic heterocycles. The van der Waals surface area contributed by atoms with Gasteiger partial charge in [0.05, 0.1) is 19.9 Å². The summed E-state index contributed by atoms with van der Waals surface area (Å²) in [6, 6.07) is 3.10. The molecule has 0 aliphatic carbocycles. The minimum atomic E-state index is -4.28. The zero-order chi connectivity index (χ0) is 34.2. The van der Waals surface area contributed by atoms with E-state index >= 15 is 0 Å². The van der Waals surface area contributed by atoms with Crippen molar-refractivity contribution < 1.29 is 32.3 Å². The summed E-state index contributed by atoms with van der Waals surface area (Å²) >= 11 is 0. The van der Waals surface area contributed by atoms with Crippen molar-refractivity contribution in [3.05, 3.63) is 41.9 Å². The van der Waals surface area contributed by atoms with Gasteiger partial charge in [-0.15, -0.1) is 0 Å². The molecular weight excluding hydrogens is 614 g/mol. The number of hydrogen-bond donors (Lipinski definition) is 5. The highest BCUT2D eigenvalue weighted by Crippen LogP contribution is 2.18. The largest absolute Gasteiger partial charge is 0.497 e. The lowest BCUT2D eigenvalue weighted by molar-refractivity contribution is -0.133. The number of aromatic nitrogens is 2.